The number of carbonyl (C=O) groups is 1. The summed E-state index contributed by atoms with van der Waals surface area (Å²) in [6, 6.07) is 0. The first-order chi connectivity index (χ1) is 8.05. The van der Waals surface area contributed by atoms with Gasteiger partial charge in [-0.15, -0.1) is 11.3 Å². The molecule has 0 spiro atoms. The molecule has 4 nitrogen and oxygen atoms in total. The minimum atomic E-state index is -0.700. The summed E-state index contributed by atoms with van der Waals surface area (Å²) in [5.41, 5.74) is 0.462. The van der Waals surface area contributed by atoms with Gasteiger partial charge in [-0.2, -0.15) is 0 Å². The van der Waals surface area contributed by atoms with E-state index in [-0.39, 0.29) is 0 Å². The molecular weight excluding hydrogens is 236 g/mol. The van der Waals surface area contributed by atoms with Crippen molar-refractivity contribution in [2.45, 2.75) is 33.1 Å². The first-order valence-corrected chi connectivity index (χ1v) is 6.86. The van der Waals surface area contributed by atoms with Gasteiger partial charge in [-0.25, -0.2) is 4.98 Å². The number of thiazole rings is 1. The Morgan fingerprint density at radius 2 is 2.47 bits per heavy atom. The Morgan fingerprint density at radius 3 is 3.06 bits per heavy atom. The van der Waals surface area contributed by atoms with E-state index in [0.717, 1.165) is 36.6 Å². The Morgan fingerprint density at radius 1 is 1.71 bits per heavy atom. The van der Waals surface area contributed by atoms with Crippen molar-refractivity contribution in [2.24, 2.45) is 5.41 Å². The molecule has 1 aromatic rings. The molecule has 17 heavy (non-hydrogen) atoms. The highest BCUT2D eigenvalue weighted by molar-refractivity contribution is 7.13. The fraction of sp³-hybridized carbons (Fsp3) is 0.667. The molecule has 94 valence electrons. The lowest BCUT2D eigenvalue weighted by Gasteiger charge is -2.37. The Balaban J connectivity index is 2.14. The van der Waals surface area contributed by atoms with Crippen molar-refractivity contribution in [3.63, 3.8) is 0 Å². The van der Waals surface area contributed by atoms with Crippen molar-refractivity contribution in [3.05, 3.63) is 11.1 Å². The number of aliphatic carboxylic acids is 1. The second-order valence-corrected chi connectivity index (χ2v) is 5.70. The number of nitrogens with zero attached hydrogens (tertiary/aromatic N) is 2. The van der Waals surface area contributed by atoms with Crippen molar-refractivity contribution >= 4 is 22.4 Å². The quantitative estimate of drug-likeness (QED) is 0.900. The molecule has 0 saturated carbocycles. The maximum atomic E-state index is 11.3. The Hall–Kier alpha value is -1.10. The SMILES string of the molecule is CCc1csc(N2CCCC(C)(C(=O)O)C2)n1. The molecule has 0 bridgehead atoms. The van der Waals surface area contributed by atoms with Crippen molar-refractivity contribution in [1.29, 1.82) is 0 Å². The standard InChI is InChI=1S/C12H18N2O2S/c1-3-9-7-17-11(13-9)14-6-4-5-12(2,8-14)10(15)16/h7H,3-6,8H2,1-2H3,(H,15,16). The zero-order valence-corrected chi connectivity index (χ0v) is 11.1. The van der Waals surface area contributed by atoms with Crippen molar-refractivity contribution in [3.8, 4) is 0 Å². The number of piperidine rings is 1. The predicted octanol–water partition coefficient (Wildman–Crippen LogP) is 2.40. The van der Waals surface area contributed by atoms with Gasteiger partial charge in [-0.1, -0.05) is 6.92 Å². The molecular formula is C12H18N2O2S. The van der Waals surface area contributed by atoms with E-state index in [1.54, 1.807) is 11.3 Å². The van der Waals surface area contributed by atoms with Gasteiger partial charge in [-0.3, -0.25) is 4.79 Å². The minimum Gasteiger partial charge on any atom is -0.481 e. The first-order valence-electron chi connectivity index (χ1n) is 5.98. The van der Waals surface area contributed by atoms with Crippen LogP contribution in [-0.2, 0) is 11.2 Å². The predicted molar refractivity (Wildman–Crippen MR) is 68.7 cm³/mol. The molecule has 1 aromatic heterocycles. The van der Waals surface area contributed by atoms with Crippen LogP contribution in [0.4, 0.5) is 5.13 Å². The molecule has 1 aliphatic rings. The lowest BCUT2D eigenvalue weighted by molar-refractivity contribution is -0.148. The highest BCUT2D eigenvalue weighted by Crippen LogP contribution is 2.33. The summed E-state index contributed by atoms with van der Waals surface area (Å²) in [6.07, 6.45) is 2.61. The Labute approximate surface area is 105 Å². The van der Waals surface area contributed by atoms with Gasteiger partial charge >= 0.3 is 5.97 Å². The zero-order chi connectivity index (χ0) is 12.5. The number of carboxylic acids is 1. The largest absolute Gasteiger partial charge is 0.481 e. The van der Waals surface area contributed by atoms with E-state index in [0.29, 0.717) is 6.54 Å². The molecule has 1 atom stereocenters. The molecule has 2 rings (SSSR count). The van der Waals surface area contributed by atoms with Crippen LogP contribution < -0.4 is 4.90 Å². The highest BCUT2D eigenvalue weighted by Gasteiger charge is 2.38. The van der Waals surface area contributed by atoms with Crippen LogP contribution in [0.5, 0.6) is 0 Å². The van der Waals surface area contributed by atoms with Crippen LogP contribution in [0.2, 0.25) is 0 Å². The van der Waals surface area contributed by atoms with Gasteiger partial charge in [0.05, 0.1) is 11.1 Å². The number of hydrogen-bond acceptors (Lipinski definition) is 4. The number of aromatic nitrogens is 1. The fourth-order valence-electron chi connectivity index (χ4n) is 2.18. The summed E-state index contributed by atoms with van der Waals surface area (Å²) in [7, 11) is 0. The van der Waals surface area contributed by atoms with E-state index in [4.69, 9.17) is 0 Å². The van der Waals surface area contributed by atoms with Crippen molar-refractivity contribution in [1.82, 2.24) is 4.98 Å². The van der Waals surface area contributed by atoms with Gasteiger partial charge in [-0.05, 0) is 26.2 Å². The normalized spacial score (nSPS) is 24.9. The number of aryl methyl sites for hydroxylation is 1. The third kappa shape index (κ3) is 2.44. The number of anilines is 1. The smallest absolute Gasteiger partial charge is 0.311 e. The van der Waals surface area contributed by atoms with E-state index in [2.05, 4.69) is 22.2 Å². The van der Waals surface area contributed by atoms with Gasteiger partial charge in [0.2, 0.25) is 0 Å². The fourth-order valence-corrected chi connectivity index (χ4v) is 3.12. The van der Waals surface area contributed by atoms with Crippen LogP contribution in [0, 0.1) is 5.41 Å². The van der Waals surface area contributed by atoms with Crippen LogP contribution >= 0.6 is 11.3 Å². The van der Waals surface area contributed by atoms with Gasteiger partial charge in [0.25, 0.3) is 0 Å². The maximum Gasteiger partial charge on any atom is 0.311 e. The molecule has 5 heteroatoms. The third-order valence-electron chi connectivity index (χ3n) is 3.39. The van der Waals surface area contributed by atoms with Gasteiger partial charge in [0.15, 0.2) is 5.13 Å². The van der Waals surface area contributed by atoms with E-state index in [1.165, 1.54) is 0 Å². The molecule has 1 N–H and O–H groups in total. The summed E-state index contributed by atoms with van der Waals surface area (Å²) in [4.78, 5) is 17.9. The van der Waals surface area contributed by atoms with Crippen LogP contribution in [0.25, 0.3) is 0 Å². The van der Waals surface area contributed by atoms with Gasteiger partial charge in [0, 0.05) is 18.5 Å². The van der Waals surface area contributed by atoms with Gasteiger partial charge < -0.3 is 10.0 Å². The second kappa shape index (κ2) is 4.64. The van der Waals surface area contributed by atoms with Crippen LogP contribution in [-0.4, -0.2) is 29.1 Å². The highest BCUT2D eigenvalue weighted by atomic mass is 32.1. The van der Waals surface area contributed by atoms with Gasteiger partial charge in [0.1, 0.15) is 0 Å². The van der Waals surface area contributed by atoms with E-state index >= 15 is 0 Å². The number of carboxylic acid groups (broad SMARTS) is 1. The Kier molecular flexibility index (Phi) is 3.38. The summed E-state index contributed by atoms with van der Waals surface area (Å²) in [5.74, 6) is -0.700. The number of hydrogen-bond donors (Lipinski definition) is 1. The molecule has 0 aromatic carbocycles. The summed E-state index contributed by atoms with van der Waals surface area (Å²) < 4.78 is 0. The summed E-state index contributed by atoms with van der Waals surface area (Å²) in [6.45, 7) is 5.39. The van der Waals surface area contributed by atoms with E-state index in [1.807, 2.05) is 6.92 Å². The maximum absolute atomic E-state index is 11.3. The topological polar surface area (TPSA) is 53.4 Å². The number of rotatable bonds is 3. The molecule has 0 aliphatic carbocycles. The zero-order valence-electron chi connectivity index (χ0n) is 10.3. The average Bonchev–Trinajstić information content (AvgIpc) is 2.77. The molecule has 2 heterocycles. The van der Waals surface area contributed by atoms with E-state index < -0.39 is 11.4 Å². The third-order valence-corrected chi connectivity index (χ3v) is 4.34. The van der Waals surface area contributed by atoms with Crippen molar-refractivity contribution in [2.75, 3.05) is 18.0 Å². The Bertz CT molecular complexity index is 418. The summed E-state index contributed by atoms with van der Waals surface area (Å²) >= 11 is 1.61. The van der Waals surface area contributed by atoms with Crippen LogP contribution in [0.15, 0.2) is 5.38 Å². The minimum absolute atomic E-state index is 0.568. The monoisotopic (exact) mass is 254 g/mol. The van der Waals surface area contributed by atoms with Crippen LogP contribution in [0.3, 0.4) is 0 Å². The average molecular weight is 254 g/mol. The lowest BCUT2D eigenvalue weighted by atomic mass is 9.82. The second-order valence-electron chi connectivity index (χ2n) is 4.87. The molecule has 1 aliphatic heterocycles. The van der Waals surface area contributed by atoms with E-state index in [9.17, 15) is 9.90 Å². The van der Waals surface area contributed by atoms with Crippen LogP contribution in [0.1, 0.15) is 32.4 Å². The first kappa shape index (κ1) is 12.4. The molecule has 0 radical (unpaired) electrons. The lowest BCUT2D eigenvalue weighted by Crippen LogP contribution is -2.46. The molecule has 1 unspecified atom stereocenters. The molecule has 1 fully saturated rings. The molecule has 1 saturated heterocycles. The molecule has 0 amide bonds. The summed E-state index contributed by atoms with van der Waals surface area (Å²) in [5, 5.41) is 12.3. The van der Waals surface area contributed by atoms with Crippen molar-refractivity contribution < 1.29 is 9.90 Å².